The zero-order chi connectivity index (χ0) is 9.14. The molecular weight excluding hydrogens is 221 g/mol. The van der Waals surface area contributed by atoms with Crippen molar-refractivity contribution in [2.24, 2.45) is 0 Å². The molecule has 1 unspecified atom stereocenters. The van der Waals surface area contributed by atoms with Gasteiger partial charge in [0.25, 0.3) is 0 Å². The second kappa shape index (κ2) is 3.68. The van der Waals surface area contributed by atoms with E-state index in [1.807, 2.05) is 6.07 Å². The first-order chi connectivity index (χ1) is 5.65. The highest BCUT2D eigenvalue weighted by molar-refractivity contribution is 9.09. The molecule has 0 aliphatic carbocycles. The lowest BCUT2D eigenvalue weighted by atomic mass is 10.1. The van der Waals surface area contributed by atoms with Crippen LogP contribution in [-0.2, 0) is 0 Å². The topological polar surface area (TPSA) is 23.8 Å². The summed E-state index contributed by atoms with van der Waals surface area (Å²) >= 11 is 3.18. The van der Waals surface area contributed by atoms with Crippen molar-refractivity contribution < 1.29 is 4.39 Å². The molecule has 0 bridgehead atoms. The van der Waals surface area contributed by atoms with Crippen molar-refractivity contribution in [3.8, 4) is 6.07 Å². The molecule has 0 saturated carbocycles. The predicted molar refractivity (Wildman–Crippen MR) is 48.4 cm³/mol. The first-order valence-electron chi connectivity index (χ1n) is 3.45. The van der Waals surface area contributed by atoms with Crippen LogP contribution in [0.3, 0.4) is 0 Å². The number of rotatable bonds is 1. The Hall–Kier alpha value is -0.880. The number of halogens is 2. The summed E-state index contributed by atoms with van der Waals surface area (Å²) in [7, 11) is 0. The molecule has 0 fully saturated rings. The van der Waals surface area contributed by atoms with E-state index in [-0.39, 0.29) is 10.6 Å². The zero-order valence-corrected chi connectivity index (χ0v) is 8.10. The Morgan fingerprint density at radius 2 is 2.25 bits per heavy atom. The van der Waals surface area contributed by atoms with Gasteiger partial charge in [0.15, 0.2) is 0 Å². The first-order valence-corrected chi connectivity index (χ1v) is 4.36. The monoisotopic (exact) mass is 227 g/mol. The summed E-state index contributed by atoms with van der Waals surface area (Å²) in [6, 6.07) is 6.43. The average molecular weight is 228 g/mol. The number of hydrogen-bond donors (Lipinski definition) is 0. The van der Waals surface area contributed by atoms with E-state index >= 15 is 0 Å². The summed E-state index contributed by atoms with van der Waals surface area (Å²) in [5, 5.41) is 8.59. The molecule has 0 aliphatic rings. The molecule has 1 rings (SSSR count). The van der Waals surface area contributed by atoms with Crippen LogP contribution >= 0.6 is 15.9 Å². The van der Waals surface area contributed by atoms with Crippen LogP contribution < -0.4 is 0 Å². The molecule has 12 heavy (non-hydrogen) atoms. The molecule has 0 radical (unpaired) electrons. The summed E-state index contributed by atoms with van der Waals surface area (Å²) in [6.45, 7) is 1.78. The summed E-state index contributed by atoms with van der Waals surface area (Å²) in [6.07, 6.45) is 0. The lowest BCUT2D eigenvalue weighted by Gasteiger charge is -2.04. The molecular formula is C9H7BrFN. The van der Waals surface area contributed by atoms with Gasteiger partial charge < -0.3 is 0 Å². The third-order valence-corrected chi connectivity index (χ3v) is 2.32. The Morgan fingerprint density at radius 3 is 2.75 bits per heavy atom. The maximum atomic E-state index is 12.6. The van der Waals surface area contributed by atoms with Crippen LogP contribution in [0, 0.1) is 24.1 Å². The lowest BCUT2D eigenvalue weighted by molar-refractivity contribution is 0.626. The largest absolute Gasteiger partial charge is 0.207 e. The minimum Gasteiger partial charge on any atom is -0.207 e. The Bertz CT molecular complexity index is 330. The summed E-state index contributed by atoms with van der Waals surface area (Å²) in [5.74, 6) is -0.270. The van der Waals surface area contributed by atoms with Gasteiger partial charge in [-0.1, -0.05) is 22.0 Å². The maximum absolute atomic E-state index is 12.6. The highest BCUT2D eigenvalue weighted by Crippen LogP contribution is 2.24. The number of aryl methyl sites for hydroxylation is 1. The zero-order valence-electron chi connectivity index (χ0n) is 6.51. The van der Waals surface area contributed by atoms with Gasteiger partial charge in [0.2, 0.25) is 0 Å². The van der Waals surface area contributed by atoms with E-state index in [1.54, 1.807) is 13.0 Å². The SMILES string of the molecule is Cc1cc(F)ccc1C(Br)C#N. The van der Waals surface area contributed by atoms with Gasteiger partial charge in [0, 0.05) is 0 Å². The second-order valence-electron chi connectivity index (χ2n) is 2.49. The average Bonchev–Trinajstić information content (AvgIpc) is 2.03. The van der Waals surface area contributed by atoms with Crippen LogP contribution in [0.2, 0.25) is 0 Å². The minimum absolute atomic E-state index is 0.270. The van der Waals surface area contributed by atoms with Crippen LogP contribution in [0.5, 0.6) is 0 Å². The molecule has 0 aromatic heterocycles. The van der Waals surface area contributed by atoms with Gasteiger partial charge in [-0.3, -0.25) is 0 Å². The van der Waals surface area contributed by atoms with E-state index in [1.165, 1.54) is 12.1 Å². The van der Waals surface area contributed by atoms with Crippen LogP contribution in [-0.4, -0.2) is 0 Å². The van der Waals surface area contributed by atoms with Crippen molar-refractivity contribution in [2.75, 3.05) is 0 Å². The van der Waals surface area contributed by atoms with E-state index in [0.29, 0.717) is 0 Å². The molecule has 1 aromatic rings. The Kier molecular flexibility index (Phi) is 2.83. The molecule has 0 N–H and O–H groups in total. The van der Waals surface area contributed by atoms with Crippen molar-refractivity contribution in [3.63, 3.8) is 0 Å². The van der Waals surface area contributed by atoms with Gasteiger partial charge in [-0.15, -0.1) is 0 Å². The predicted octanol–water partition coefficient (Wildman–Crippen LogP) is 3.09. The molecule has 0 heterocycles. The van der Waals surface area contributed by atoms with Crippen molar-refractivity contribution >= 4 is 15.9 Å². The molecule has 62 valence electrons. The van der Waals surface area contributed by atoms with E-state index < -0.39 is 0 Å². The fourth-order valence-corrected chi connectivity index (χ4v) is 1.51. The van der Waals surface area contributed by atoms with Gasteiger partial charge in [-0.05, 0) is 30.2 Å². The summed E-state index contributed by atoms with van der Waals surface area (Å²) < 4.78 is 12.6. The van der Waals surface area contributed by atoms with Gasteiger partial charge >= 0.3 is 0 Å². The van der Waals surface area contributed by atoms with Crippen LogP contribution in [0.1, 0.15) is 16.0 Å². The summed E-state index contributed by atoms with van der Waals surface area (Å²) in [4.78, 5) is -0.349. The Labute approximate surface area is 79.0 Å². The standard InChI is InChI=1S/C9H7BrFN/c1-6-4-7(11)2-3-8(6)9(10)5-12/h2-4,9H,1H3. The Morgan fingerprint density at radius 1 is 1.58 bits per heavy atom. The van der Waals surface area contributed by atoms with Gasteiger partial charge in [0.05, 0.1) is 6.07 Å². The van der Waals surface area contributed by atoms with Crippen LogP contribution in [0.15, 0.2) is 18.2 Å². The Balaban J connectivity index is 3.11. The maximum Gasteiger partial charge on any atom is 0.126 e. The van der Waals surface area contributed by atoms with Crippen LogP contribution in [0.25, 0.3) is 0 Å². The van der Waals surface area contributed by atoms with E-state index in [9.17, 15) is 4.39 Å². The molecule has 0 amide bonds. The van der Waals surface area contributed by atoms with Crippen LogP contribution in [0.4, 0.5) is 4.39 Å². The molecule has 0 spiro atoms. The van der Waals surface area contributed by atoms with Crippen molar-refractivity contribution in [2.45, 2.75) is 11.8 Å². The molecule has 3 heteroatoms. The molecule has 0 aliphatic heterocycles. The van der Waals surface area contributed by atoms with E-state index in [4.69, 9.17) is 5.26 Å². The van der Waals surface area contributed by atoms with Gasteiger partial charge in [0.1, 0.15) is 10.6 Å². The highest BCUT2D eigenvalue weighted by Gasteiger charge is 2.08. The highest BCUT2D eigenvalue weighted by atomic mass is 79.9. The first kappa shape index (κ1) is 9.21. The quantitative estimate of drug-likeness (QED) is 0.677. The lowest BCUT2D eigenvalue weighted by Crippen LogP contribution is -1.91. The van der Waals surface area contributed by atoms with E-state index in [2.05, 4.69) is 15.9 Å². The number of benzene rings is 1. The smallest absolute Gasteiger partial charge is 0.126 e. The molecule has 1 atom stereocenters. The number of nitriles is 1. The second-order valence-corrected chi connectivity index (χ2v) is 3.41. The van der Waals surface area contributed by atoms with Crippen molar-refractivity contribution in [1.82, 2.24) is 0 Å². The van der Waals surface area contributed by atoms with Crippen molar-refractivity contribution in [1.29, 1.82) is 5.26 Å². The number of hydrogen-bond acceptors (Lipinski definition) is 1. The third kappa shape index (κ3) is 1.83. The molecule has 0 saturated heterocycles. The van der Waals surface area contributed by atoms with Gasteiger partial charge in [-0.2, -0.15) is 5.26 Å². The number of alkyl halides is 1. The summed E-state index contributed by atoms with van der Waals surface area (Å²) in [5.41, 5.74) is 1.61. The van der Waals surface area contributed by atoms with E-state index in [0.717, 1.165) is 11.1 Å². The third-order valence-electron chi connectivity index (χ3n) is 1.62. The van der Waals surface area contributed by atoms with Crippen molar-refractivity contribution in [3.05, 3.63) is 35.1 Å². The van der Waals surface area contributed by atoms with Gasteiger partial charge in [-0.25, -0.2) is 4.39 Å². The fraction of sp³-hybridized carbons (Fsp3) is 0.222. The normalized spacial score (nSPS) is 12.2. The molecule has 1 aromatic carbocycles. The minimum atomic E-state index is -0.349. The number of nitrogens with zero attached hydrogens (tertiary/aromatic N) is 1. The fourth-order valence-electron chi connectivity index (χ4n) is 0.993. The molecule has 1 nitrogen and oxygen atoms in total.